The molecule has 1 aromatic carbocycles. The molecule has 0 amide bonds. The topological polar surface area (TPSA) is 32.6 Å². The highest BCUT2D eigenvalue weighted by Gasteiger charge is 1.96. The summed E-state index contributed by atoms with van der Waals surface area (Å²) in [6.45, 7) is 1.76. The summed E-state index contributed by atoms with van der Waals surface area (Å²) in [5.41, 5.74) is 1.73. The van der Waals surface area contributed by atoms with Crippen molar-refractivity contribution in [3.63, 3.8) is 0 Å². The van der Waals surface area contributed by atoms with Crippen LogP contribution < -0.4 is 0 Å². The standard InChI is InChI=1S/C9H10ClNO/c1-7(11-12)5-8-3-2-4-9(10)6-8/h2-4,6,12H,5H2,1H3/b11-7+. The Hall–Kier alpha value is -1.02. The monoisotopic (exact) mass is 183 g/mol. The van der Waals surface area contributed by atoms with Gasteiger partial charge in [-0.25, -0.2) is 0 Å². The summed E-state index contributed by atoms with van der Waals surface area (Å²) < 4.78 is 0. The lowest BCUT2D eigenvalue weighted by atomic mass is 10.1. The Morgan fingerprint density at radius 2 is 2.33 bits per heavy atom. The van der Waals surface area contributed by atoms with Gasteiger partial charge >= 0.3 is 0 Å². The Kier molecular flexibility index (Phi) is 3.11. The van der Waals surface area contributed by atoms with Crippen LogP contribution in [0.15, 0.2) is 29.4 Å². The number of hydrogen-bond donors (Lipinski definition) is 1. The molecule has 64 valence electrons. The van der Waals surface area contributed by atoms with E-state index in [4.69, 9.17) is 16.8 Å². The van der Waals surface area contributed by atoms with E-state index >= 15 is 0 Å². The van der Waals surface area contributed by atoms with Gasteiger partial charge in [0.15, 0.2) is 0 Å². The van der Waals surface area contributed by atoms with E-state index in [0.717, 1.165) is 5.56 Å². The van der Waals surface area contributed by atoms with Gasteiger partial charge in [0.05, 0.1) is 5.71 Å². The quantitative estimate of drug-likeness (QED) is 0.427. The summed E-state index contributed by atoms with van der Waals surface area (Å²) in [4.78, 5) is 0. The average Bonchev–Trinajstić information content (AvgIpc) is 2.04. The third-order valence-electron chi connectivity index (χ3n) is 1.52. The number of halogens is 1. The first-order valence-electron chi connectivity index (χ1n) is 3.64. The van der Waals surface area contributed by atoms with Crippen molar-refractivity contribution in [1.29, 1.82) is 0 Å². The van der Waals surface area contributed by atoms with Crippen LogP contribution in [0.3, 0.4) is 0 Å². The normalized spacial score (nSPS) is 11.7. The Balaban J connectivity index is 2.76. The van der Waals surface area contributed by atoms with Crippen molar-refractivity contribution < 1.29 is 5.21 Å². The molecule has 2 nitrogen and oxygen atoms in total. The highest BCUT2D eigenvalue weighted by atomic mass is 35.5. The SMILES string of the molecule is C/C(Cc1cccc(Cl)c1)=N\O. The third-order valence-corrected chi connectivity index (χ3v) is 1.75. The molecule has 0 saturated heterocycles. The maximum Gasteiger partial charge on any atom is 0.0583 e. The molecule has 1 rings (SSSR count). The van der Waals surface area contributed by atoms with Gasteiger partial charge in [-0.15, -0.1) is 0 Å². The van der Waals surface area contributed by atoms with E-state index in [1.807, 2.05) is 24.3 Å². The number of nitrogens with zero attached hydrogens (tertiary/aromatic N) is 1. The molecule has 1 N–H and O–H groups in total. The van der Waals surface area contributed by atoms with Crippen LogP contribution in [0, 0.1) is 0 Å². The number of oxime groups is 1. The van der Waals surface area contributed by atoms with Crippen molar-refractivity contribution >= 4 is 17.3 Å². The van der Waals surface area contributed by atoms with Gasteiger partial charge in [-0.2, -0.15) is 0 Å². The fourth-order valence-corrected chi connectivity index (χ4v) is 1.19. The molecule has 0 aliphatic heterocycles. The van der Waals surface area contributed by atoms with Crippen LogP contribution in [0.25, 0.3) is 0 Å². The van der Waals surface area contributed by atoms with Gasteiger partial charge in [-0.05, 0) is 24.6 Å². The highest BCUT2D eigenvalue weighted by Crippen LogP contribution is 2.11. The zero-order valence-corrected chi connectivity index (χ0v) is 7.54. The highest BCUT2D eigenvalue weighted by molar-refractivity contribution is 6.30. The van der Waals surface area contributed by atoms with Crippen LogP contribution in [0.4, 0.5) is 0 Å². The minimum absolute atomic E-state index is 0.636. The van der Waals surface area contributed by atoms with Gasteiger partial charge in [0.25, 0.3) is 0 Å². The summed E-state index contributed by atoms with van der Waals surface area (Å²) in [6, 6.07) is 7.50. The average molecular weight is 184 g/mol. The van der Waals surface area contributed by atoms with Gasteiger partial charge in [0.2, 0.25) is 0 Å². The summed E-state index contributed by atoms with van der Waals surface area (Å²) in [6.07, 6.45) is 0.636. The molecular formula is C9H10ClNO. The number of benzene rings is 1. The van der Waals surface area contributed by atoms with E-state index in [0.29, 0.717) is 17.2 Å². The second-order valence-electron chi connectivity index (χ2n) is 2.64. The predicted molar refractivity (Wildman–Crippen MR) is 50.1 cm³/mol. The Morgan fingerprint density at radius 3 is 2.92 bits per heavy atom. The van der Waals surface area contributed by atoms with Crippen molar-refractivity contribution in [3.05, 3.63) is 34.9 Å². The van der Waals surface area contributed by atoms with Crippen molar-refractivity contribution in [1.82, 2.24) is 0 Å². The maximum absolute atomic E-state index is 8.42. The first-order chi connectivity index (χ1) is 5.72. The minimum Gasteiger partial charge on any atom is -0.411 e. The summed E-state index contributed by atoms with van der Waals surface area (Å²) in [5, 5.41) is 12.2. The van der Waals surface area contributed by atoms with E-state index in [2.05, 4.69) is 5.16 Å². The molecule has 0 heterocycles. The lowest BCUT2D eigenvalue weighted by molar-refractivity contribution is 0.317. The Morgan fingerprint density at radius 1 is 1.58 bits per heavy atom. The number of hydrogen-bond acceptors (Lipinski definition) is 2. The second-order valence-corrected chi connectivity index (χ2v) is 3.08. The van der Waals surface area contributed by atoms with Crippen molar-refractivity contribution in [3.8, 4) is 0 Å². The molecule has 0 bridgehead atoms. The van der Waals surface area contributed by atoms with Gasteiger partial charge in [0, 0.05) is 11.4 Å². The molecule has 0 saturated carbocycles. The van der Waals surface area contributed by atoms with Crippen molar-refractivity contribution in [2.75, 3.05) is 0 Å². The summed E-state index contributed by atoms with van der Waals surface area (Å²) in [7, 11) is 0. The molecule has 0 aliphatic rings. The first-order valence-corrected chi connectivity index (χ1v) is 4.02. The first kappa shape index (κ1) is 9.07. The summed E-state index contributed by atoms with van der Waals surface area (Å²) >= 11 is 5.77. The molecule has 0 unspecified atom stereocenters. The van der Waals surface area contributed by atoms with Gasteiger partial charge in [0.1, 0.15) is 0 Å². The fraction of sp³-hybridized carbons (Fsp3) is 0.222. The zero-order valence-electron chi connectivity index (χ0n) is 6.79. The van der Waals surface area contributed by atoms with E-state index in [1.165, 1.54) is 0 Å². The van der Waals surface area contributed by atoms with Crippen LogP contribution in [0.2, 0.25) is 5.02 Å². The fourth-order valence-electron chi connectivity index (χ4n) is 0.978. The molecule has 1 aromatic rings. The lowest BCUT2D eigenvalue weighted by Gasteiger charge is -1.98. The molecule has 0 fully saturated rings. The Bertz CT molecular complexity index is 296. The minimum atomic E-state index is 0.636. The molecule has 0 radical (unpaired) electrons. The Labute approximate surface area is 76.5 Å². The predicted octanol–water partition coefficient (Wildman–Crippen LogP) is 2.73. The molecule has 3 heteroatoms. The van der Waals surface area contributed by atoms with Gasteiger partial charge in [-0.1, -0.05) is 28.9 Å². The van der Waals surface area contributed by atoms with Crippen LogP contribution in [0.1, 0.15) is 12.5 Å². The van der Waals surface area contributed by atoms with Crippen LogP contribution in [0.5, 0.6) is 0 Å². The van der Waals surface area contributed by atoms with E-state index in [9.17, 15) is 0 Å². The maximum atomic E-state index is 8.42. The van der Waals surface area contributed by atoms with Crippen LogP contribution in [-0.4, -0.2) is 10.9 Å². The van der Waals surface area contributed by atoms with Crippen molar-refractivity contribution in [2.45, 2.75) is 13.3 Å². The smallest absolute Gasteiger partial charge is 0.0583 e. The zero-order chi connectivity index (χ0) is 8.97. The van der Waals surface area contributed by atoms with E-state index in [1.54, 1.807) is 6.92 Å². The van der Waals surface area contributed by atoms with Gasteiger partial charge in [-0.3, -0.25) is 0 Å². The second kappa shape index (κ2) is 4.12. The molecule has 0 aromatic heterocycles. The summed E-state index contributed by atoms with van der Waals surface area (Å²) in [5.74, 6) is 0. The largest absolute Gasteiger partial charge is 0.411 e. The lowest BCUT2D eigenvalue weighted by Crippen LogP contribution is -1.96. The molecule has 12 heavy (non-hydrogen) atoms. The molecule has 0 atom stereocenters. The number of rotatable bonds is 2. The molecule has 0 spiro atoms. The van der Waals surface area contributed by atoms with Crippen molar-refractivity contribution in [2.24, 2.45) is 5.16 Å². The van der Waals surface area contributed by atoms with Crippen LogP contribution >= 0.6 is 11.6 Å². The van der Waals surface area contributed by atoms with Gasteiger partial charge < -0.3 is 5.21 Å². The van der Waals surface area contributed by atoms with E-state index < -0.39 is 0 Å². The van der Waals surface area contributed by atoms with Crippen LogP contribution in [-0.2, 0) is 6.42 Å². The molecular weight excluding hydrogens is 174 g/mol. The molecule has 0 aliphatic carbocycles. The van der Waals surface area contributed by atoms with E-state index in [-0.39, 0.29) is 0 Å². The third kappa shape index (κ3) is 2.55.